The maximum Gasteiger partial charge on any atom is 0.232 e. The highest BCUT2D eigenvalue weighted by molar-refractivity contribution is 5.87. The molecule has 1 aliphatic rings. The van der Waals surface area contributed by atoms with E-state index in [1.807, 2.05) is 18.7 Å². The molecular formula is C16H23FN2O. The van der Waals surface area contributed by atoms with Crippen LogP contribution in [-0.4, -0.2) is 30.4 Å². The van der Waals surface area contributed by atoms with Crippen LogP contribution < -0.4 is 5.73 Å². The van der Waals surface area contributed by atoms with E-state index in [4.69, 9.17) is 5.73 Å². The lowest BCUT2D eigenvalue weighted by atomic mass is 9.83. The summed E-state index contributed by atoms with van der Waals surface area (Å²) in [6, 6.07) is 6.29. The topological polar surface area (TPSA) is 46.3 Å². The summed E-state index contributed by atoms with van der Waals surface area (Å²) in [6.45, 7) is 7.80. The highest BCUT2D eigenvalue weighted by Gasteiger charge is 2.40. The van der Waals surface area contributed by atoms with Gasteiger partial charge in [0, 0.05) is 13.1 Å². The van der Waals surface area contributed by atoms with Gasteiger partial charge in [0.25, 0.3) is 0 Å². The molecule has 1 aromatic carbocycles. The first kappa shape index (κ1) is 15.0. The third-order valence-corrected chi connectivity index (χ3v) is 4.42. The number of amides is 1. The fraction of sp³-hybridized carbons (Fsp3) is 0.562. The number of hydrogen-bond acceptors (Lipinski definition) is 2. The van der Waals surface area contributed by atoms with Crippen LogP contribution in [0, 0.1) is 11.2 Å². The molecule has 0 radical (unpaired) electrons. The molecule has 0 saturated carbocycles. The number of carbonyl (C=O) groups is 1. The van der Waals surface area contributed by atoms with Gasteiger partial charge < -0.3 is 10.6 Å². The van der Waals surface area contributed by atoms with Gasteiger partial charge in [-0.15, -0.1) is 0 Å². The van der Waals surface area contributed by atoms with Crippen molar-refractivity contribution in [3.05, 3.63) is 35.6 Å². The Labute approximate surface area is 120 Å². The molecule has 4 heteroatoms. The SMILES string of the molecule is CC1(CN)CCN(C(=O)C(C)(C)c2cccc(F)c2)C1. The Kier molecular flexibility index (Phi) is 3.87. The third-order valence-electron chi connectivity index (χ3n) is 4.42. The number of benzene rings is 1. The van der Waals surface area contributed by atoms with Crippen molar-refractivity contribution in [2.24, 2.45) is 11.1 Å². The average molecular weight is 278 g/mol. The molecule has 0 bridgehead atoms. The van der Waals surface area contributed by atoms with Crippen LogP contribution in [0.4, 0.5) is 4.39 Å². The average Bonchev–Trinajstić information content (AvgIpc) is 2.81. The second-order valence-corrected chi connectivity index (χ2v) is 6.63. The molecule has 2 rings (SSSR count). The second kappa shape index (κ2) is 5.17. The fourth-order valence-electron chi connectivity index (χ4n) is 2.76. The van der Waals surface area contributed by atoms with E-state index in [2.05, 4.69) is 6.92 Å². The zero-order valence-electron chi connectivity index (χ0n) is 12.4. The molecule has 1 heterocycles. The minimum atomic E-state index is -0.720. The number of nitrogens with zero attached hydrogens (tertiary/aromatic N) is 1. The summed E-state index contributed by atoms with van der Waals surface area (Å²) < 4.78 is 13.4. The lowest BCUT2D eigenvalue weighted by molar-refractivity contribution is -0.135. The predicted octanol–water partition coefficient (Wildman–Crippen LogP) is 2.30. The molecule has 1 saturated heterocycles. The minimum absolute atomic E-state index is 0.00762. The minimum Gasteiger partial charge on any atom is -0.341 e. The van der Waals surface area contributed by atoms with Crippen molar-refractivity contribution < 1.29 is 9.18 Å². The van der Waals surface area contributed by atoms with E-state index in [-0.39, 0.29) is 17.1 Å². The first-order valence-corrected chi connectivity index (χ1v) is 7.04. The van der Waals surface area contributed by atoms with Gasteiger partial charge in [0.05, 0.1) is 5.41 Å². The van der Waals surface area contributed by atoms with Crippen LogP contribution in [0.15, 0.2) is 24.3 Å². The summed E-state index contributed by atoms with van der Waals surface area (Å²) in [4.78, 5) is 14.6. The van der Waals surface area contributed by atoms with E-state index in [0.717, 1.165) is 13.0 Å². The van der Waals surface area contributed by atoms with Gasteiger partial charge in [0.1, 0.15) is 5.82 Å². The summed E-state index contributed by atoms with van der Waals surface area (Å²) in [6.07, 6.45) is 0.925. The molecule has 1 amide bonds. The predicted molar refractivity (Wildman–Crippen MR) is 77.8 cm³/mol. The Morgan fingerprint density at radius 3 is 2.75 bits per heavy atom. The van der Waals surface area contributed by atoms with Crippen LogP contribution in [-0.2, 0) is 10.2 Å². The molecule has 1 unspecified atom stereocenters. The number of nitrogens with two attached hydrogens (primary N) is 1. The Morgan fingerprint density at radius 2 is 2.20 bits per heavy atom. The largest absolute Gasteiger partial charge is 0.341 e. The van der Waals surface area contributed by atoms with Crippen molar-refractivity contribution in [1.82, 2.24) is 4.90 Å². The van der Waals surface area contributed by atoms with Crippen molar-refractivity contribution in [2.75, 3.05) is 19.6 Å². The van der Waals surface area contributed by atoms with Gasteiger partial charge >= 0.3 is 0 Å². The van der Waals surface area contributed by atoms with Crippen LogP contribution in [0.5, 0.6) is 0 Å². The first-order valence-electron chi connectivity index (χ1n) is 7.04. The van der Waals surface area contributed by atoms with Crippen LogP contribution in [0.3, 0.4) is 0 Å². The maximum atomic E-state index is 13.4. The smallest absolute Gasteiger partial charge is 0.232 e. The van der Waals surface area contributed by atoms with E-state index >= 15 is 0 Å². The Bertz CT molecular complexity index is 515. The molecule has 20 heavy (non-hydrogen) atoms. The summed E-state index contributed by atoms with van der Waals surface area (Å²) in [5.74, 6) is -0.267. The highest BCUT2D eigenvalue weighted by atomic mass is 19.1. The molecule has 1 atom stereocenters. The van der Waals surface area contributed by atoms with E-state index < -0.39 is 5.41 Å². The normalized spacial score (nSPS) is 23.1. The zero-order chi connectivity index (χ0) is 15.0. The number of hydrogen-bond donors (Lipinski definition) is 1. The second-order valence-electron chi connectivity index (χ2n) is 6.63. The summed E-state index contributed by atoms with van der Waals surface area (Å²) >= 11 is 0. The molecule has 110 valence electrons. The van der Waals surface area contributed by atoms with Gasteiger partial charge in [-0.1, -0.05) is 19.1 Å². The van der Waals surface area contributed by atoms with Gasteiger partial charge in [0.2, 0.25) is 5.91 Å². The molecule has 0 aromatic heterocycles. The van der Waals surface area contributed by atoms with E-state index in [9.17, 15) is 9.18 Å². The van der Waals surface area contributed by atoms with Gasteiger partial charge in [0.15, 0.2) is 0 Å². The van der Waals surface area contributed by atoms with Gasteiger partial charge in [-0.2, -0.15) is 0 Å². The maximum absolute atomic E-state index is 13.4. The Morgan fingerprint density at radius 1 is 1.50 bits per heavy atom. The van der Waals surface area contributed by atoms with Gasteiger partial charge in [-0.3, -0.25) is 4.79 Å². The van der Waals surface area contributed by atoms with E-state index in [1.54, 1.807) is 12.1 Å². The molecule has 1 aromatic rings. The molecule has 2 N–H and O–H groups in total. The number of halogens is 1. The van der Waals surface area contributed by atoms with Crippen molar-refractivity contribution in [3.63, 3.8) is 0 Å². The van der Waals surface area contributed by atoms with E-state index in [1.165, 1.54) is 12.1 Å². The molecule has 1 aliphatic heterocycles. The lowest BCUT2D eigenvalue weighted by Gasteiger charge is -2.31. The zero-order valence-corrected chi connectivity index (χ0v) is 12.4. The first-order chi connectivity index (χ1) is 9.28. The molecule has 3 nitrogen and oxygen atoms in total. The Hall–Kier alpha value is -1.42. The quantitative estimate of drug-likeness (QED) is 0.922. The van der Waals surface area contributed by atoms with Crippen molar-refractivity contribution >= 4 is 5.91 Å². The lowest BCUT2D eigenvalue weighted by Crippen LogP contribution is -2.43. The molecule has 0 aliphatic carbocycles. The number of likely N-dealkylation sites (tertiary alicyclic amines) is 1. The third kappa shape index (κ3) is 2.70. The standard InChI is InChI=1S/C16H23FN2O/c1-15(2,12-5-4-6-13(17)9-12)14(20)19-8-7-16(3,10-18)11-19/h4-6,9H,7-8,10-11,18H2,1-3H3. The Balaban J connectivity index is 2.20. The summed E-state index contributed by atoms with van der Waals surface area (Å²) in [7, 11) is 0. The number of rotatable bonds is 3. The van der Waals surface area contributed by atoms with Crippen LogP contribution in [0.25, 0.3) is 0 Å². The van der Waals surface area contributed by atoms with E-state index in [0.29, 0.717) is 18.7 Å². The summed E-state index contributed by atoms with van der Waals surface area (Å²) in [5.41, 5.74) is 5.78. The van der Waals surface area contributed by atoms with Crippen molar-refractivity contribution in [3.8, 4) is 0 Å². The molecule has 0 spiro atoms. The van der Waals surface area contributed by atoms with Crippen molar-refractivity contribution in [1.29, 1.82) is 0 Å². The molecular weight excluding hydrogens is 255 g/mol. The van der Waals surface area contributed by atoms with Crippen LogP contribution >= 0.6 is 0 Å². The monoisotopic (exact) mass is 278 g/mol. The molecule has 1 fully saturated rings. The van der Waals surface area contributed by atoms with Gasteiger partial charge in [-0.25, -0.2) is 4.39 Å². The fourth-order valence-corrected chi connectivity index (χ4v) is 2.76. The van der Waals surface area contributed by atoms with Gasteiger partial charge in [-0.05, 0) is 49.9 Å². The van der Waals surface area contributed by atoms with Crippen LogP contribution in [0.2, 0.25) is 0 Å². The van der Waals surface area contributed by atoms with Crippen LogP contribution in [0.1, 0.15) is 32.8 Å². The number of carbonyl (C=O) groups excluding carboxylic acids is 1. The van der Waals surface area contributed by atoms with Crippen molar-refractivity contribution in [2.45, 2.75) is 32.6 Å². The highest BCUT2D eigenvalue weighted by Crippen LogP contribution is 2.33. The summed E-state index contributed by atoms with van der Waals surface area (Å²) in [5, 5.41) is 0.